The predicted octanol–water partition coefficient (Wildman–Crippen LogP) is 2.59. The van der Waals surface area contributed by atoms with Gasteiger partial charge in [0, 0.05) is 25.7 Å². The fourth-order valence-corrected chi connectivity index (χ4v) is 2.97. The molecule has 1 aliphatic rings. The summed E-state index contributed by atoms with van der Waals surface area (Å²) in [5.41, 5.74) is 0. The molecule has 0 aliphatic carbocycles. The van der Waals surface area contributed by atoms with Crippen molar-refractivity contribution >= 4 is 17.8 Å². The molecule has 1 saturated heterocycles. The lowest BCUT2D eigenvalue weighted by Crippen LogP contribution is -2.45. The standard InChI is InChI=1S/C14H28N2O2S/c1-12(2)11-19-10-4-6-15-14(17)16-7-9-18-8-5-13(16)3/h12-13H,4-11H2,1-3H3,(H,15,17)/t13-/m1/s1. The molecule has 0 aromatic heterocycles. The van der Waals surface area contributed by atoms with Crippen molar-refractivity contribution in [3.63, 3.8) is 0 Å². The Bertz CT molecular complexity index is 262. The van der Waals surface area contributed by atoms with Crippen molar-refractivity contribution in [2.45, 2.75) is 39.7 Å². The van der Waals surface area contributed by atoms with Gasteiger partial charge in [-0.15, -0.1) is 0 Å². The second-order valence-electron chi connectivity index (χ2n) is 5.50. The molecule has 0 aromatic rings. The van der Waals surface area contributed by atoms with Crippen molar-refractivity contribution in [3.8, 4) is 0 Å². The third-order valence-corrected chi connectivity index (χ3v) is 4.62. The molecular weight excluding hydrogens is 260 g/mol. The largest absolute Gasteiger partial charge is 0.380 e. The molecule has 5 heteroatoms. The van der Waals surface area contributed by atoms with Crippen molar-refractivity contribution in [1.29, 1.82) is 0 Å². The van der Waals surface area contributed by atoms with Crippen LogP contribution in [0.15, 0.2) is 0 Å². The highest BCUT2D eigenvalue weighted by molar-refractivity contribution is 7.99. The Morgan fingerprint density at radius 3 is 3.00 bits per heavy atom. The van der Waals surface area contributed by atoms with Crippen molar-refractivity contribution in [2.24, 2.45) is 5.92 Å². The second-order valence-corrected chi connectivity index (χ2v) is 6.65. The minimum absolute atomic E-state index is 0.0619. The number of hydrogen-bond acceptors (Lipinski definition) is 3. The molecule has 1 N–H and O–H groups in total. The maximum Gasteiger partial charge on any atom is 0.317 e. The highest BCUT2D eigenvalue weighted by Gasteiger charge is 2.21. The second kappa shape index (κ2) is 9.48. The van der Waals surface area contributed by atoms with Crippen molar-refractivity contribution in [1.82, 2.24) is 10.2 Å². The number of nitrogens with one attached hydrogen (secondary N) is 1. The molecule has 0 radical (unpaired) electrons. The summed E-state index contributed by atoms with van der Waals surface area (Å²) in [4.78, 5) is 14.0. The number of ether oxygens (including phenoxy) is 1. The van der Waals surface area contributed by atoms with Crippen molar-refractivity contribution < 1.29 is 9.53 Å². The fourth-order valence-electron chi connectivity index (χ4n) is 1.99. The first-order chi connectivity index (χ1) is 9.11. The van der Waals surface area contributed by atoms with Crippen LogP contribution in [0.25, 0.3) is 0 Å². The molecule has 1 aliphatic heterocycles. The first-order valence-corrected chi connectivity index (χ1v) is 8.46. The van der Waals surface area contributed by atoms with Crippen LogP contribution in [0.1, 0.15) is 33.6 Å². The number of thioether (sulfide) groups is 1. The number of carbonyl (C=O) groups excluding carboxylic acids is 1. The van der Waals surface area contributed by atoms with Crippen LogP contribution in [0.3, 0.4) is 0 Å². The van der Waals surface area contributed by atoms with Gasteiger partial charge in [0.2, 0.25) is 0 Å². The predicted molar refractivity (Wildman–Crippen MR) is 81.8 cm³/mol. The maximum absolute atomic E-state index is 12.1. The smallest absolute Gasteiger partial charge is 0.317 e. The quantitative estimate of drug-likeness (QED) is 0.764. The minimum Gasteiger partial charge on any atom is -0.380 e. The van der Waals surface area contributed by atoms with Gasteiger partial charge in [0.15, 0.2) is 0 Å². The van der Waals surface area contributed by atoms with Crippen LogP contribution >= 0.6 is 11.8 Å². The van der Waals surface area contributed by atoms with Gasteiger partial charge >= 0.3 is 6.03 Å². The Kier molecular flexibility index (Phi) is 8.30. The molecule has 2 amide bonds. The molecule has 1 fully saturated rings. The summed E-state index contributed by atoms with van der Waals surface area (Å²) in [6, 6.07) is 0.338. The van der Waals surface area contributed by atoms with Crippen molar-refractivity contribution in [2.75, 3.05) is 37.8 Å². The first kappa shape index (κ1) is 16.6. The van der Waals surface area contributed by atoms with E-state index in [9.17, 15) is 4.79 Å². The molecule has 0 saturated carbocycles. The number of rotatable bonds is 6. The van der Waals surface area contributed by atoms with E-state index >= 15 is 0 Å². The monoisotopic (exact) mass is 288 g/mol. The average Bonchev–Trinajstić information content (AvgIpc) is 2.57. The summed E-state index contributed by atoms with van der Waals surface area (Å²) in [7, 11) is 0. The van der Waals surface area contributed by atoms with Gasteiger partial charge in [-0.05, 0) is 37.2 Å². The van der Waals surface area contributed by atoms with E-state index in [-0.39, 0.29) is 12.1 Å². The van der Waals surface area contributed by atoms with E-state index in [0.29, 0.717) is 13.2 Å². The third kappa shape index (κ3) is 7.06. The zero-order valence-corrected chi connectivity index (χ0v) is 13.3. The van der Waals surface area contributed by atoms with Crippen LogP contribution in [0, 0.1) is 5.92 Å². The number of nitrogens with zero attached hydrogens (tertiary/aromatic N) is 1. The third-order valence-electron chi connectivity index (χ3n) is 3.14. The average molecular weight is 288 g/mol. The summed E-state index contributed by atoms with van der Waals surface area (Å²) in [5, 5.41) is 3.02. The van der Waals surface area contributed by atoms with E-state index in [1.54, 1.807) is 0 Å². The topological polar surface area (TPSA) is 41.6 Å². The summed E-state index contributed by atoms with van der Waals surface area (Å²) < 4.78 is 5.40. The normalized spacial score (nSPS) is 20.4. The number of hydrogen-bond donors (Lipinski definition) is 1. The van der Waals surface area contributed by atoms with Gasteiger partial charge in [0.1, 0.15) is 0 Å². The van der Waals surface area contributed by atoms with Gasteiger partial charge in [-0.1, -0.05) is 13.8 Å². The lowest BCUT2D eigenvalue weighted by molar-refractivity contribution is 0.142. The highest BCUT2D eigenvalue weighted by atomic mass is 32.2. The summed E-state index contributed by atoms with van der Waals surface area (Å²) in [6.45, 7) is 9.45. The minimum atomic E-state index is 0.0619. The maximum atomic E-state index is 12.1. The molecule has 19 heavy (non-hydrogen) atoms. The molecule has 0 spiro atoms. The summed E-state index contributed by atoms with van der Waals surface area (Å²) in [5.74, 6) is 3.07. The molecule has 4 nitrogen and oxygen atoms in total. The van der Waals surface area contributed by atoms with Gasteiger partial charge in [0.25, 0.3) is 0 Å². The van der Waals surface area contributed by atoms with E-state index in [2.05, 4.69) is 26.1 Å². The molecule has 1 rings (SSSR count). The number of carbonyl (C=O) groups is 1. The Balaban J connectivity index is 2.12. The SMILES string of the molecule is CC(C)CSCCCNC(=O)N1CCOCC[C@H]1C. The van der Waals surface area contributed by atoms with Crippen LogP contribution in [0.5, 0.6) is 0 Å². The molecule has 112 valence electrons. The highest BCUT2D eigenvalue weighted by Crippen LogP contribution is 2.10. The molecule has 0 unspecified atom stereocenters. The number of urea groups is 1. The van der Waals surface area contributed by atoms with Gasteiger partial charge in [-0.3, -0.25) is 0 Å². The zero-order chi connectivity index (χ0) is 14.1. The van der Waals surface area contributed by atoms with Gasteiger partial charge in [0.05, 0.1) is 6.61 Å². The Morgan fingerprint density at radius 2 is 2.26 bits per heavy atom. The van der Waals surface area contributed by atoms with E-state index in [4.69, 9.17) is 4.74 Å². The Morgan fingerprint density at radius 1 is 1.47 bits per heavy atom. The molecule has 0 aromatic carbocycles. The lowest BCUT2D eigenvalue weighted by Gasteiger charge is -2.26. The van der Waals surface area contributed by atoms with Crippen LogP contribution in [0.2, 0.25) is 0 Å². The van der Waals surface area contributed by atoms with Crippen LogP contribution in [-0.2, 0) is 4.74 Å². The number of amides is 2. The fraction of sp³-hybridized carbons (Fsp3) is 0.929. The van der Waals surface area contributed by atoms with E-state index in [1.165, 1.54) is 5.75 Å². The molecular formula is C14H28N2O2S. The van der Waals surface area contributed by atoms with Gasteiger partial charge in [-0.2, -0.15) is 11.8 Å². The first-order valence-electron chi connectivity index (χ1n) is 7.31. The molecule has 1 atom stereocenters. The Labute approximate surface area is 121 Å². The van der Waals surface area contributed by atoms with E-state index < -0.39 is 0 Å². The van der Waals surface area contributed by atoms with Crippen molar-refractivity contribution in [3.05, 3.63) is 0 Å². The van der Waals surface area contributed by atoms with Gasteiger partial charge in [-0.25, -0.2) is 4.79 Å². The lowest BCUT2D eigenvalue weighted by atomic mass is 10.2. The van der Waals surface area contributed by atoms with Crippen LogP contribution < -0.4 is 5.32 Å². The zero-order valence-electron chi connectivity index (χ0n) is 12.5. The van der Waals surface area contributed by atoms with E-state index in [0.717, 1.165) is 37.7 Å². The molecule has 1 heterocycles. The van der Waals surface area contributed by atoms with Crippen LogP contribution in [-0.4, -0.2) is 54.8 Å². The Hall–Kier alpha value is -0.420. The van der Waals surface area contributed by atoms with E-state index in [1.807, 2.05) is 16.7 Å². The van der Waals surface area contributed by atoms with Crippen LogP contribution in [0.4, 0.5) is 4.79 Å². The van der Waals surface area contributed by atoms with Gasteiger partial charge < -0.3 is 15.0 Å². The summed E-state index contributed by atoms with van der Waals surface area (Å²) >= 11 is 1.97. The summed E-state index contributed by atoms with van der Waals surface area (Å²) in [6.07, 6.45) is 1.97. The molecule has 0 bridgehead atoms.